The average Bonchev–Trinajstić information content (AvgIpc) is 2.14. The number of hydrogen-bond acceptors (Lipinski definition) is 2. The lowest BCUT2D eigenvalue weighted by Crippen LogP contribution is -2.25. The fourth-order valence-electron chi connectivity index (χ4n) is 1.29. The van der Waals surface area contributed by atoms with Crippen molar-refractivity contribution in [2.45, 2.75) is 25.3 Å². The van der Waals surface area contributed by atoms with Crippen molar-refractivity contribution in [3.8, 4) is 0 Å². The van der Waals surface area contributed by atoms with Crippen molar-refractivity contribution in [1.29, 1.82) is 0 Å². The maximum atomic E-state index is 5.74. The van der Waals surface area contributed by atoms with E-state index < -0.39 is 0 Å². The van der Waals surface area contributed by atoms with E-state index in [1.807, 2.05) is 0 Å². The summed E-state index contributed by atoms with van der Waals surface area (Å²) in [6.07, 6.45) is 3.82. The molecular formula is C6H13NS. The summed E-state index contributed by atoms with van der Waals surface area (Å²) in [4.78, 5) is 0. The number of hydrogen-bond donors (Lipinski definition) is 2. The van der Waals surface area contributed by atoms with Gasteiger partial charge in [-0.2, -0.15) is 12.6 Å². The van der Waals surface area contributed by atoms with Crippen LogP contribution in [-0.4, -0.2) is 11.8 Å². The minimum atomic E-state index is 0.451. The molecule has 0 aromatic heterocycles. The lowest BCUT2D eigenvalue weighted by molar-refractivity contribution is 0.537. The monoisotopic (exact) mass is 131 g/mol. The highest BCUT2D eigenvalue weighted by Gasteiger charge is 2.21. The molecule has 2 heteroatoms. The smallest absolute Gasteiger partial charge is 0.00749 e. The molecule has 1 aliphatic carbocycles. The van der Waals surface area contributed by atoms with Crippen molar-refractivity contribution in [2.24, 2.45) is 11.7 Å². The SMILES string of the molecule is N[C@H]1CCC[C@@H]1CS. The van der Waals surface area contributed by atoms with Gasteiger partial charge in [-0.15, -0.1) is 0 Å². The first-order valence-corrected chi connectivity index (χ1v) is 3.84. The van der Waals surface area contributed by atoms with Gasteiger partial charge < -0.3 is 5.73 Å². The van der Waals surface area contributed by atoms with Gasteiger partial charge in [-0.3, -0.25) is 0 Å². The molecule has 1 aliphatic rings. The molecule has 2 N–H and O–H groups in total. The maximum absolute atomic E-state index is 5.74. The van der Waals surface area contributed by atoms with Crippen LogP contribution in [0.3, 0.4) is 0 Å². The molecule has 0 unspecified atom stereocenters. The second kappa shape index (κ2) is 2.74. The van der Waals surface area contributed by atoms with Crippen molar-refractivity contribution < 1.29 is 0 Å². The Hall–Kier alpha value is 0.310. The quantitative estimate of drug-likeness (QED) is 0.511. The Bertz CT molecular complexity index is 74.9. The summed E-state index contributed by atoms with van der Waals surface area (Å²) in [5.41, 5.74) is 5.74. The topological polar surface area (TPSA) is 26.0 Å². The van der Waals surface area contributed by atoms with Crippen LogP contribution >= 0.6 is 12.6 Å². The first-order chi connectivity index (χ1) is 3.84. The van der Waals surface area contributed by atoms with Gasteiger partial charge >= 0.3 is 0 Å². The minimum absolute atomic E-state index is 0.451. The Balaban J connectivity index is 2.30. The van der Waals surface area contributed by atoms with Crippen molar-refractivity contribution in [1.82, 2.24) is 0 Å². The van der Waals surface area contributed by atoms with Crippen LogP contribution in [0.15, 0.2) is 0 Å². The van der Waals surface area contributed by atoms with E-state index in [9.17, 15) is 0 Å². The maximum Gasteiger partial charge on any atom is 0.00749 e. The summed E-state index contributed by atoms with van der Waals surface area (Å²) < 4.78 is 0. The standard InChI is InChI=1S/C6H13NS/c7-6-3-1-2-5(6)4-8/h5-6,8H,1-4,7H2/t5-,6+/m1/s1. The molecule has 0 spiro atoms. The Morgan fingerprint density at radius 3 is 2.50 bits per heavy atom. The highest BCUT2D eigenvalue weighted by molar-refractivity contribution is 7.80. The molecule has 0 aliphatic heterocycles. The summed E-state index contributed by atoms with van der Waals surface area (Å²) in [6, 6.07) is 0.451. The lowest BCUT2D eigenvalue weighted by atomic mass is 10.1. The molecule has 0 saturated heterocycles. The lowest BCUT2D eigenvalue weighted by Gasteiger charge is -2.09. The molecule has 0 bridgehead atoms. The fraction of sp³-hybridized carbons (Fsp3) is 1.00. The number of thiol groups is 1. The number of nitrogens with two attached hydrogens (primary N) is 1. The van der Waals surface area contributed by atoms with Crippen LogP contribution in [0.4, 0.5) is 0 Å². The van der Waals surface area contributed by atoms with Gasteiger partial charge in [0, 0.05) is 6.04 Å². The molecule has 48 valence electrons. The van der Waals surface area contributed by atoms with Crippen LogP contribution in [0.1, 0.15) is 19.3 Å². The summed E-state index contributed by atoms with van der Waals surface area (Å²) >= 11 is 4.20. The second-order valence-electron chi connectivity index (χ2n) is 2.54. The third-order valence-corrected chi connectivity index (χ3v) is 2.42. The Kier molecular flexibility index (Phi) is 2.20. The molecule has 1 fully saturated rings. The van der Waals surface area contributed by atoms with Gasteiger partial charge in [0.25, 0.3) is 0 Å². The van der Waals surface area contributed by atoms with E-state index in [2.05, 4.69) is 12.6 Å². The van der Waals surface area contributed by atoms with Gasteiger partial charge in [0.05, 0.1) is 0 Å². The van der Waals surface area contributed by atoms with Crippen LogP contribution in [0.25, 0.3) is 0 Å². The molecule has 1 rings (SSSR count). The molecule has 2 atom stereocenters. The Labute approximate surface area is 56.1 Å². The van der Waals surface area contributed by atoms with E-state index in [0.29, 0.717) is 12.0 Å². The van der Waals surface area contributed by atoms with Gasteiger partial charge in [0.1, 0.15) is 0 Å². The van der Waals surface area contributed by atoms with E-state index in [4.69, 9.17) is 5.73 Å². The molecule has 0 amide bonds. The Morgan fingerprint density at radius 2 is 2.25 bits per heavy atom. The van der Waals surface area contributed by atoms with Crippen LogP contribution in [0.5, 0.6) is 0 Å². The van der Waals surface area contributed by atoms with Crippen molar-refractivity contribution in [3.05, 3.63) is 0 Å². The zero-order valence-corrected chi connectivity index (χ0v) is 5.90. The Morgan fingerprint density at radius 1 is 1.50 bits per heavy atom. The van der Waals surface area contributed by atoms with Crippen LogP contribution < -0.4 is 5.73 Å². The van der Waals surface area contributed by atoms with Gasteiger partial charge in [0.15, 0.2) is 0 Å². The van der Waals surface area contributed by atoms with Crippen molar-refractivity contribution in [2.75, 3.05) is 5.75 Å². The third-order valence-electron chi connectivity index (χ3n) is 1.95. The van der Waals surface area contributed by atoms with Crippen molar-refractivity contribution >= 4 is 12.6 Å². The predicted molar refractivity (Wildman–Crippen MR) is 39.2 cm³/mol. The molecule has 0 radical (unpaired) electrons. The van der Waals surface area contributed by atoms with E-state index in [1.165, 1.54) is 19.3 Å². The molecule has 1 saturated carbocycles. The zero-order valence-electron chi connectivity index (χ0n) is 5.01. The van der Waals surface area contributed by atoms with Crippen LogP contribution in [0.2, 0.25) is 0 Å². The first kappa shape index (κ1) is 6.43. The van der Waals surface area contributed by atoms with Gasteiger partial charge in [0.2, 0.25) is 0 Å². The summed E-state index contributed by atoms with van der Waals surface area (Å²) in [7, 11) is 0. The summed E-state index contributed by atoms with van der Waals surface area (Å²) in [5, 5.41) is 0. The van der Waals surface area contributed by atoms with E-state index >= 15 is 0 Å². The molecule has 0 aromatic carbocycles. The van der Waals surface area contributed by atoms with Crippen molar-refractivity contribution in [3.63, 3.8) is 0 Å². The largest absolute Gasteiger partial charge is 0.327 e. The average molecular weight is 131 g/mol. The predicted octanol–water partition coefficient (Wildman–Crippen LogP) is 1.04. The molecule has 8 heavy (non-hydrogen) atoms. The molecule has 0 heterocycles. The van der Waals surface area contributed by atoms with E-state index in [0.717, 1.165) is 5.75 Å². The molecule has 0 aromatic rings. The highest BCUT2D eigenvalue weighted by Crippen LogP contribution is 2.24. The third kappa shape index (κ3) is 1.17. The number of rotatable bonds is 1. The van der Waals surface area contributed by atoms with Crippen LogP contribution in [0, 0.1) is 5.92 Å². The van der Waals surface area contributed by atoms with Gasteiger partial charge in [-0.1, -0.05) is 6.42 Å². The summed E-state index contributed by atoms with van der Waals surface area (Å²) in [5.74, 6) is 1.68. The van der Waals surface area contributed by atoms with Crippen LogP contribution in [-0.2, 0) is 0 Å². The second-order valence-corrected chi connectivity index (χ2v) is 2.90. The fourth-order valence-corrected chi connectivity index (χ4v) is 1.75. The van der Waals surface area contributed by atoms with E-state index in [1.54, 1.807) is 0 Å². The minimum Gasteiger partial charge on any atom is -0.327 e. The van der Waals surface area contributed by atoms with Gasteiger partial charge in [-0.25, -0.2) is 0 Å². The zero-order chi connectivity index (χ0) is 5.98. The van der Waals surface area contributed by atoms with E-state index in [-0.39, 0.29) is 0 Å². The molecule has 1 nitrogen and oxygen atoms in total. The first-order valence-electron chi connectivity index (χ1n) is 3.21. The van der Waals surface area contributed by atoms with Gasteiger partial charge in [-0.05, 0) is 24.5 Å². The summed E-state index contributed by atoms with van der Waals surface area (Å²) in [6.45, 7) is 0. The highest BCUT2D eigenvalue weighted by atomic mass is 32.1. The molecular weight excluding hydrogens is 118 g/mol. The normalized spacial score (nSPS) is 38.2.